The Morgan fingerprint density at radius 3 is 2.81 bits per heavy atom. The highest BCUT2D eigenvalue weighted by molar-refractivity contribution is 6.33. The Hall–Kier alpha value is -1.74. The molecule has 0 radical (unpaired) electrons. The van der Waals surface area contributed by atoms with Gasteiger partial charge in [0.05, 0.1) is 16.9 Å². The van der Waals surface area contributed by atoms with Gasteiger partial charge in [-0.3, -0.25) is 9.98 Å². The van der Waals surface area contributed by atoms with Crippen LogP contribution in [0.25, 0.3) is 0 Å². The summed E-state index contributed by atoms with van der Waals surface area (Å²) < 4.78 is 13.4. The molecule has 0 fully saturated rings. The lowest BCUT2D eigenvalue weighted by Gasteiger charge is -1.98. The molecule has 1 heterocycles. The van der Waals surface area contributed by atoms with Gasteiger partial charge in [-0.1, -0.05) is 17.7 Å². The second-order valence-corrected chi connectivity index (χ2v) is 3.51. The van der Waals surface area contributed by atoms with Gasteiger partial charge in [-0.05, 0) is 24.3 Å². The maximum Gasteiger partial charge on any atom is 0.133 e. The molecule has 2 aromatic rings. The average molecular weight is 235 g/mol. The summed E-state index contributed by atoms with van der Waals surface area (Å²) in [5.41, 5.74) is 0.940. The molecule has 0 aliphatic carbocycles. The van der Waals surface area contributed by atoms with Gasteiger partial charge >= 0.3 is 0 Å². The quantitative estimate of drug-likeness (QED) is 0.729. The van der Waals surface area contributed by atoms with Gasteiger partial charge in [0.2, 0.25) is 0 Å². The maximum absolute atomic E-state index is 13.4. The van der Waals surface area contributed by atoms with Crippen LogP contribution in [0.2, 0.25) is 5.02 Å². The van der Waals surface area contributed by atoms with Gasteiger partial charge in [-0.15, -0.1) is 0 Å². The standard InChI is InChI=1S/C12H8ClFN2/c13-11-4-1-5-12(14)10(11)8-16-9-3-2-6-15-7-9/h1-8H. The van der Waals surface area contributed by atoms with Gasteiger partial charge < -0.3 is 0 Å². The first-order valence-electron chi connectivity index (χ1n) is 4.65. The molecule has 0 saturated carbocycles. The van der Waals surface area contributed by atoms with Crippen LogP contribution in [0.4, 0.5) is 10.1 Å². The van der Waals surface area contributed by atoms with Crippen molar-refractivity contribution in [1.29, 1.82) is 0 Å². The van der Waals surface area contributed by atoms with Crippen LogP contribution in [0, 0.1) is 5.82 Å². The van der Waals surface area contributed by atoms with Crippen molar-refractivity contribution in [1.82, 2.24) is 4.98 Å². The van der Waals surface area contributed by atoms with E-state index in [-0.39, 0.29) is 11.4 Å². The lowest BCUT2D eigenvalue weighted by molar-refractivity contribution is 0.626. The summed E-state index contributed by atoms with van der Waals surface area (Å²) in [6, 6.07) is 8.05. The number of benzene rings is 1. The second kappa shape index (κ2) is 4.86. The Labute approximate surface area is 97.4 Å². The molecular formula is C12H8ClFN2. The van der Waals surface area contributed by atoms with E-state index in [2.05, 4.69) is 9.98 Å². The fraction of sp³-hybridized carbons (Fsp3) is 0. The minimum atomic E-state index is -0.389. The smallest absolute Gasteiger partial charge is 0.133 e. The first-order chi connectivity index (χ1) is 7.77. The van der Waals surface area contributed by atoms with E-state index in [1.807, 2.05) is 0 Å². The molecule has 0 unspecified atom stereocenters. The molecule has 0 bridgehead atoms. The van der Waals surface area contributed by atoms with Crippen LogP contribution < -0.4 is 0 Å². The van der Waals surface area contributed by atoms with E-state index >= 15 is 0 Å². The molecule has 0 aliphatic heterocycles. The second-order valence-electron chi connectivity index (χ2n) is 3.10. The van der Waals surface area contributed by atoms with Crippen molar-refractivity contribution in [2.45, 2.75) is 0 Å². The SMILES string of the molecule is Fc1cccc(Cl)c1C=Nc1cccnc1. The predicted molar refractivity (Wildman–Crippen MR) is 62.9 cm³/mol. The minimum Gasteiger partial charge on any atom is -0.262 e. The summed E-state index contributed by atoms with van der Waals surface area (Å²) in [5.74, 6) is -0.389. The Kier molecular flexibility index (Phi) is 3.27. The van der Waals surface area contributed by atoms with E-state index in [1.165, 1.54) is 12.3 Å². The largest absolute Gasteiger partial charge is 0.262 e. The van der Waals surface area contributed by atoms with Gasteiger partial charge in [0, 0.05) is 18.0 Å². The molecule has 0 aliphatic rings. The van der Waals surface area contributed by atoms with Crippen LogP contribution in [-0.2, 0) is 0 Å². The third kappa shape index (κ3) is 2.44. The molecule has 1 aromatic heterocycles. The summed E-state index contributed by atoms with van der Waals surface area (Å²) in [7, 11) is 0. The number of halogens is 2. The molecule has 80 valence electrons. The van der Waals surface area contributed by atoms with Crippen LogP contribution >= 0.6 is 11.6 Å². The minimum absolute atomic E-state index is 0.285. The van der Waals surface area contributed by atoms with E-state index in [0.717, 1.165) is 0 Å². The highest BCUT2D eigenvalue weighted by Gasteiger charge is 2.03. The molecule has 0 spiro atoms. The normalized spacial score (nSPS) is 10.9. The number of hydrogen-bond acceptors (Lipinski definition) is 2. The fourth-order valence-electron chi connectivity index (χ4n) is 1.20. The van der Waals surface area contributed by atoms with E-state index in [1.54, 1.807) is 36.7 Å². The Morgan fingerprint density at radius 2 is 2.12 bits per heavy atom. The maximum atomic E-state index is 13.4. The van der Waals surface area contributed by atoms with Gasteiger partial charge in [-0.2, -0.15) is 0 Å². The zero-order valence-corrected chi connectivity index (χ0v) is 9.03. The first-order valence-corrected chi connectivity index (χ1v) is 5.03. The van der Waals surface area contributed by atoms with Crippen LogP contribution in [0.1, 0.15) is 5.56 Å². The number of aromatic nitrogens is 1. The third-order valence-electron chi connectivity index (χ3n) is 1.99. The van der Waals surface area contributed by atoms with E-state index in [4.69, 9.17) is 11.6 Å². The molecule has 2 nitrogen and oxygen atoms in total. The van der Waals surface area contributed by atoms with E-state index in [9.17, 15) is 4.39 Å². The molecule has 1 aromatic carbocycles. The molecule has 0 saturated heterocycles. The third-order valence-corrected chi connectivity index (χ3v) is 2.32. The molecule has 0 amide bonds. The van der Waals surface area contributed by atoms with Gasteiger partial charge in [0.25, 0.3) is 0 Å². The van der Waals surface area contributed by atoms with Crippen molar-refractivity contribution >= 4 is 23.5 Å². The van der Waals surface area contributed by atoms with Gasteiger partial charge in [-0.25, -0.2) is 4.39 Å². The molecule has 0 atom stereocenters. The number of nitrogens with zero attached hydrogens (tertiary/aromatic N) is 2. The number of pyridine rings is 1. The highest BCUT2D eigenvalue weighted by Crippen LogP contribution is 2.18. The van der Waals surface area contributed by atoms with Gasteiger partial charge in [0.15, 0.2) is 0 Å². The average Bonchev–Trinajstić information content (AvgIpc) is 2.30. The zero-order valence-electron chi connectivity index (χ0n) is 8.27. The van der Waals surface area contributed by atoms with Crippen LogP contribution in [-0.4, -0.2) is 11.2 Å². The Bertz CT molecular complexity index is 491. The molecule has 4 heteroatoms. The summed E-state index contributed by atoms with van der Waals surface area (Å²) in [4.78, 5) is 7.99. The zero-order chi connectivity index (χ0) is 11.4. The predicted octanol–water partition coefficient (Wildman–Crippen LogP) is 3.62. The van der Waals surface area contributed by atoms with Crippen LogP contribution in [0.5, 0.6) is 0 Å². The molecular weight excluding hydrogens is 227 g/mol. The molecule has 0 N–H and O–H groups in total. The fourth-order valence-corrected chi connectivity index (χ4v) is 1.42. The molecule has 16 heavy (non-hydrogen) atoms. The number of hydrogen-bond donors (Lipinski definition) is 0. The van der Waals surface area contributed by atoms with Gasteiger partial charge in [0.1, 0.15) is 5.82 Å². The summed E-state index contributed by atoms with van der Waals surface area (Å²) in [5, 5.41) is 0.340. The highest BCUT2D eigenvalue weighted by atomic mass is 35.5. The van der Waals surface area contributed by atoms with Crippen molar-refractivity contribution in [3.63, 3.8) is 0 Å². The van der Waals surface area contributed by atoms with Crippen molar-refractivity contribution in [2.24, 2.45) is 4.99 Å². The number of aliphatic imine (C=N–C) groups is 1. The van der Waals surface area contributed by atoms with Crippen molar-refractivity contribution in [3.8, 4) is 0 Å². The number of rotatable bonds is 2. The summed E-state index contributed by atoms with van der Waals surface area (Å²) in [6.07, 6.45) is 4.63. The summed E-state index contributed by atoms with van der Waals surface area (Å²) >= 11 is 5.85. The monoisotopic (exact) mass is 234 g/mol. The van der Waals surface area contributed by atoms with E-state index < -0.39 is 0 Å². The van der Waals surface area contributed by atoms with Crippen LogP contribution in [0.3, 0.4) is 0 Å². The summed E-state index contributed by atoms with van der Waals surface area (Å²) in [6.45, 7) is 0. The Balaban J connectivity index is 2.31. The van der Waals surface area contributed by atoms with E-state index in [0.29, 0.717) is 10.7 Å². The van der Waals surface area contributed by atoms with Crippen molar-refractivity contribution in [3.05, 3.63) is 59.1 Å². The Morgan fingerprint density at radius 1 is 1.25 bits per heavy atom. The van der Waals surface area contributed by atoms with Crippen molar-refractivity contribution in [2.75, 3.05) is 0 Å². The molecule has 2 rings (SSSR count). The lowest BCUT2D eigenvalue weighted by atomic mass is 10.2. The van der Waals surface area contributed by atoms with Crippen molar-refractivity contribution < 1.29 is 4.39 Å². The first kappa shape index (κ1) is 10.8. The topological polar surface area (TPSA) is 25.2 Å². The lowest BCUT2D eigenvalue weighted by Crippen LogP contribution is -1.88. The van der Waals surface area contributed by atoms with Crippen LogP contribution in [0.15, 0.2) is 47.7 Å².